The summed E-state index contributed by atoms with van der Waals surface area (Å²) in [6.07, 6.45) is 3.32. The minimum absolute atomic E-state index is 0.0504. The maximum absolute atomic E-state index is 13.7. The second-order valence-electron chi connectivity index (χ2n) is 10.8. The third kappa shape index (κ3) is 5.49. The Morgan fingerprint density at radius 3 is 2.64 bits per heavy atom. The summed E-state index contributed by atoms with van der Waals surface area (Å²) in [6.45, 7) is 0. The first-order valence-electron chi connectivity index (χ1n) is 13.2. The molecule has 0 radical (unpaired) electrons. The predicted molar refractivity (Wildman–Crippen MR) is 138 cm³/mol. The zero-order valence-corrected chi connectivity index (χ0v) is 23.0. The minimum Gasteiger partial charge on any atom is -0.309 e. The molecular weight excluding hydrogens is 553 g/mol. The van der Waals surface area contributed by atoms with Crippen LogP contribution in [0.2, 0.25) is 0 Å². The number of anilines is 2. The summed E-state index contributed by atoms with van der Waals surface area (Å²) < 4.78 is 69.5. The molecule has 0 bridgehead atoms. The summed E-state index contributed by atoms with van der Waals surface area (Å²) >= 11 is 1.45. The van der Waals surface area contributed by atoms with Crippen molar-refractivity contribution in [3.8, 4) is 0 Å². The number of Topliss-reactive ketones (excluding diaryl/α,β-unsaturated/α-hetero) is 1. The summed E-state index contributed by atoms with van der Waals surface area (Å²) in [6, 6.07) is 0.703. The van der Waals surface area contributed by atoms with Crippen LogP contribution in [0.15, 0.2) is 17.3 Å². The van der Waals surface area contributed by atoms with Crippen LogP contribution in [0, 0.1) is 11.8 Å². The van der Waals surface area contributed by atoms with Crippen molar-refractivity contribution in [3.63, 3.8) is 0 Å². The lowest BCUT2D eigenvalue weighted by Crippen LogP contribution is -2.21. The van der Waals surface area contributed by atoms with Crippen molar-refractivity contribution in [2.75, 3.05) is 11.1 Å². The summed E-state index contributed by atoms with van der Waals surface area (Å²) in [4.78, 5) is 14.7. The minimum atomic E-state index is -4.58. The van der Waals surface area contributed by atoms with Crippen LogP contribution in [0.3, 0.4) is 0 Å². The van der Waals surface area contributed by atoms with Gasteiger partial charge in [-0.25, -0.2) is 8.42 Å². The number of aryl methyl sites for hydroxylation is 2. The highest BCUT2D eigenvalue weighted by Gasteiger charge is 2.38. The summed E-state index contributed by atoms with van der Waals surface area (Å²) in [5.74, 6) is 1.06. The molecule has 39 heavy (non-hydrogen) atoms. The van der Waals surface area contributed by atoms with Crippen molar-refractivity contribution < 1.29 is 26.4 Å². The van der Waals surface area contributed by atoms with Gasteiger partial charge in [0.15, 0.2) is 15.5 Å². The topological polar surface area (TPSA) is 112 Å². The maximum atomic E-state index is 13.7. The lowest BCUT2D eigenvalue weighted by atomic mass is 9.93. The van der Waals surface area contributed by atoms with E-state index < -0.39 is 21.7 Å². The Labute approximate surface area is 227 Å². The highest BCUT2D eigenvalue weighted by molar-refractivity contribution is 7.91. The Hall–Kier alpha value is -2.74. The van der Waals surface area contributed by atoms with E-state index in [0.717, 1.165) is 46.9 Å². The average molecular weight is 583 g/mol. The van der Waals surface area contributed by atoms with Gasteiger partial charge in [0.05, 0.1) is 10.6 Å². The molecular formula is C25H29F3N6O3S2. The van der Waals surface area contributed by atoms with E-state index in [1.54, 1.807) is 4.57 Å². The molecule has 6 rings (SSSR count). The normalized spacial score (nSPS) is 19.7. The van der Waals surface area contributed by atoms with E-state index in [0.29, 0.717) is 41.4 Å². The molecule has 3 heterocycles. The fourth-order valence-corrected chi connectivity index (χ4v) is 8.96. The number of ketones is 1. The molecule has 1 N–H and O–H groups in total. The molecule has 0 amide bonds. The number of halogens is 3. The Bertz CT molecular complexity index is 1520. The number of carbonyl (C=O) groups is 1. The Morgan fingerprint density at radius 2 is 1.97 bits per heavy atom. The van der Waals surface area contributed by atoms with E-state index >= 15 is 0 Å². The smallest absolute Gasteiger partial charge is 0.309 e. The number of nitrogens with one attached hydrogen (secondary N) is 1. The molecule has 9 nitrogen and oxygen atoms in total. The highest BCUT2D eigenvalue weighted by Crippen LogP contribution is 2.44. The number of carbonyl (C=O) groups excluding carboxylic acids is 1. The Balaban J connectivity index is 1.29. The SMILES string of the molecule is Cn1nc(C(F)(F)F)cc1Nc1nncn1[C@H]1CCc2sc(CC(=O)C3CC3)c(S(=O)(=O)CCC3CC3)c2C1. The number of alkyl halides is 3. The van der Waals surface area contributed by atoms with Crippen molar-refractivity contribution in [1.82, 2.24) is 24.5 Å². The number of hydrogen-bond acceptors (Lipinski definition) is 8. The van der Waals surface area contributed by atoms with Crippen molar-refractivity contribution in [2.45, 2.75) is 74.9 Å². The van der Waals surface area contributed by atoms with Gasteiger partial charge in [-0.3, -0.25) is 14.0 Å². The fraction of sp³-hybridized carbons (Fsp3) is 0.600. The van der Waals surface area contributed by atoms with Gasteiger partial charge in [-0.2, -0.15) is 18.3 Å². The number of aromatic nitrogens is 5. The Kier molecular flexibility index (Phi) is 6.60. The zero-order valence-electron chi connectivity index (χ0n) is 21.4. The van der Waals surface area contributed by atoms with Gasteiger partial charge in [-0.05, 0) is 50.0 Å². The maximum Gasteiger partial charge on any atom is 0.435 e. The zero-order chi connectivity index (χ0) is 27.5. The molecule has 0 spiro atoms. The van der Waals surface area contributed by atoms with E-state index in [-0.39, 0.29) is 41.7 Å². The van der Waals surface area contributed by atoms with Crippen molar-refractivity contribution in [2.24, 2.45) is 18.9 Å². The van der Waals surface area contributed by atoms with Crippen molar-refractivity contribution in [1.29, 1.82) is 0 Å². The van der Waals surface area contributed by atoms with Gasteiger partial charge < -0.3 is 5.32 Å². The molecule has 1 atom stereocenters. The number of sulfone groups is 1. The van der Waals surface area contributed by atoms with Crippen LogP contribution in [-0.4, -0.2) is 44.5 Å². The molecule has 3 aromatic heterocycles. The van der Waals surface area contributed by atoms with E-state index in [4.69, 9.17) is 0 Å². The lowest BCUT2D eigenvalue weighted by Gasteiger charge is -2.25. The third-order valence-electron chi connectivity index (χ3n) is 7.80. The molecule has 2 fully saturated rings. The van der Waals surface area contributed by atoms with Crippen LogP contribution in [0.5, 0.6) is 0 Å². The van der Waals surface area contributed by atoms with Crippen LogP contribution >= 0.6 is 11.3 Å². The quantitative estimate of drug-likeness (QED) is 0.370. The van der Waals surface area contributed by atoms with Crippen LogP contribution in [-0.2, 0) is 47.1 Å². The molecule has 14 heteroatoms. The molecule has 210 valence electrons. The standard InChI is InChI=1S/C25H29F3N6O3S2/c1-33-22(12-21(32-33)25(26,27)28)30-24-31-29-13-34(24)16-6-7-19-17(10-16)23(39(36,37)9-8-14-2-3-14)20(38-19)11-18(35)15-4-5-15/h12-16H,2-11H2,1H3,(H,30,31)/t16-/m0/s1. The predicted octanol–water partition coefficient (Wildman–Crippen LogP) is 4.66. The van der Waals surface area contributed by atoms with Gasteiger partial charge in [-0.1, -0.05) is 12.8 Å². The van der Waals surface area contributed by atoms with Gasteiger partial charge >= 0.3 is 6.18 Å². The first-order valence-corrected chi connectivity index (χ1v) is 15.6. The number of hydrogen-bond donors (Lipinski definition) is 1. The number of fused-ring (bicyclic) bond motifs is 1. The van der Waals surface area contributed by atoms with Gasteiger partial charge in [0.2, 0.25) is 5.95 Å². The third-order valence-corrected chi connectivity index (χ3v) is 11.1. The van der Waals surface area contributed by atoms with Crippen molar-refractivity contribution in [3.05, 3.63) is 33.4 Å². The fourth-order valence-electron chi connectivity index (χ4n) is 5.29. The van der Waals surface area contributed by atoms with Crippen LogP contribution in [0.4, 0.5) is 24.9 Å². The molecule has 0 unspecified atom stereocenters. The number of rotatable bonds is 10. The molecule has 3 aliphatic rings. The van der Waals surface area contributed by atoms with Gasteiger partial charge in [0.25, 0.3) is 0 Å². The van der Waals surface area contributed by atoms with Gasteiger partial charge in [0, 0.05) is 41.2 Å². The van der Waals surface area contributed by atoms with E-state index in [2.05, 4.69) is 20.6 Å². The first-order chi connectivity index (χ1) is 18.5. The van der Waals surface area contributed by atoms with Crippen LogP contribution in [0.1, 0.15) is 65.6 Å². The number of thiophene rings is 1. The van der Waals surface area contributed by atoms with Crippen LogP contribution in [0.25, 0.3) is 0 Å². The van der Waals surface area contributed by atoms with E-state index in [9.17, 15) is 26.4 Å². The summed E-state index contributed by atoms with van der Waals surface area (Å²) in [5.41, 5.74) is -0.251. The molecule has 0 aliphatic heterocycles. The summed E-state index contributed by atoms with van der Waals surface area (Å²) in [7, 11) is -2.18. The van der Waals surface area contributed by atoms with Crippen molar-refractivity contribution >= 4 is 38.7 Å². The molecule has 0 aromatic carbocycles. The van der Waals surface area contributed by atoms with Gasteiger partial charge in [0.1, 0.15) is 17.9 Å². The largest absolute Gasteiger partial charge is 0.435 e. The lowest BCUT2D eigenvalue weighted by molar-refractivity contribution is -0.141. The number of nitrogens with zero attached hydrogens (tertiary/aromatic N) is 5. The molecule has 3 aliphatic carbocycles. The van der Waals surface area contributed by atoms with Crippen LogP contribution < -0.4 is 5.32 Å². The molecule has 0 saturated heterocycles. The second-order valence-corrected chi connectivity index (χ2v) is 14.1. The van der Waals surface area contributed by atoms with E-state index in [1.807, 2.05) is 0 Å². The first kappa shape index (κ1) is 26.5. The molecule has 2 saturated carbocycles. The van der Waals surface area contributed by atoms with Gasteiger partial charge in [-0.15, -0.1) is 21.5 Å². The summed E-state index contributed by atoms with van der Waals surface area (Å²) in [5, 5.41) is 14.5. The van der Waals surface area contributed by atoms with E-state index in [1.165, 1.54) is 24.7 Å². The highest BCUT2D eigenvalue weighted by atomic mass is 32.2. The molecule has 3 aromatic rings. The average Bonchev–Trinajstić information content (AvgIpc) is 3.78. The second kappa shape index (κ2) is 9.72. The Morgan fingerprint density at radius 1 is 1.21 bits per heavy atom. The monoisotopic (exact) mass is 582 g/mol.